The number of rotatable bonds is 6. The summed E-state index contributed by atoms with van der Waals surface area (Å²) in [6.45, 7) is 4.18. The first-order chi connectivity index (χ1) is 12.9. The zero-order valence-electron chi connectivity index (χ0n) is 15.3. The number of nitrogens with zero attached hydrogens (tertiary/aromatic N) is 2. The number of nitrogens with two attached hydrogens (primary N) is 1. The molecule has 4 nitrogen and oxygen atoms in total. The average molecular weight is 409 g/mol. The van der Waals surface area contributed by atoms with Crippen LogP contribution < -0.4 is 5.73 Å². The summed E-state index contributed by atoms with van der Waals surface area (Å²) < 4.78 is 79.6. The van der Waals surface area contributed by atoms with Gasteiger partial charge in [0.2, 0.25) is 0 Å². The maximum atomic E-state index is 13.3. The Bertz CT molecular complexity index is 819. The normalized spacial score (nSPS) is 14.3. The summed E-state index contributed by atoms with van der Waals surface area (Å²) in [5, 5.41) is 10.4. The monoisotopic (exact) mass is 409 g/mol. The first-order valence-electron chi connectivity index (χ1n) is 8.56. The summed E-state index contributed by atoms with van der Waals surface area (Å²) in [5.41, 5.74) is 1.65. The van der Waals surface area contributed by atoms with Crippen molar-refractivity contribution in [2.75, 3.05) is 19.6 Å². The number of aliphatic hydroxyl groups excluding tert-OH is 1. The van der Waals surface area contributed by atoms with Crippen molar-refractivity contribution in [1.82, 2.24) is 9.88 Å². The number of halogens is 6. The molecule has 3 N–H and O–H groups in total. The van der Waals surface area contributed by atoms with E-state index in [4.69, 9.17) is 5.73 Å². The molecule has 1 heterocycles. The van der Waals surface area contributed by atoms with Gasteiger partial charge in [-0.2, -0.15) is 26.3 Å². The van der Waals surface area contributed by atoms with Gasteiger partial charge in [-0.15, -0.1) is 0 Å². The molecule has 1 aromatic heterocycles. The van der Waals surface area contributed by atoms with Crippen molar-refractivity contribution in [2.45, 2.75) is 38.3 Å². The van der Waals surface area contributed by atoms with Crippen molar-refractivity contribution in [3.63, 3.8) is 0 Å². The molecule has 0 aliphatic carbocycles. The highest BCUT2D eigenvalue weighted by Gasteiger charge is 2.38. The molecule has 0 fully saturated rings. The number of aliphatic hydroxyl groups is 1. The van der Waals surface area contributed by atoms with Gasteiger partial charge >= 0.3 is 12.4 Å². The second kappa shape index (κ2) is 8.22. The van der Waals surface area contributed by atoms with Crippen LogP contribution in [0.5, 0.6) is 0 Å². The molecule has 10 heteroatoms. The van der Waals surface area contributed by atoms with Crippen LogP contribution in [0.15, 0.2) is 24.3 Å². The number of pyridine rings is 1. The number of benzene rings is 1. The number of para-hydroxylation sites is 1. The maximum Gasteiger partial charge on any atom is 0.433 e. The lowest BCUT2D eigenvalue weighted by Gasteiger charge is -2.29. The van der Waals surface area contributed by atoms with Crippen LogP contribution in [0.25, 0.3) is 10.9 Å². The van der Waals surface area contributed by atoms with Crippen LogP contribution >= 0.6 is 0 Å². The van der Waals surface area contributed by atoms with Crippen LogP contribution in [-0.4, -0.2) is 40.7 Å². The molecule has 0 radical (unpaired) electrons. The third-order valence-electron chi connectivity index (χ3n) is 4.38. The predicted molar refractivity (Wildman–Crippen MR) is 92.5 cm³/mol. The van der Waals surface area contributed by atoms with E-state index in [1.54, 1.807) is 4.90 Å². The molecule has 28 heavy (non-hydrogen) atoms. The Morgan fingerprint density at radius 3 is 2.25 bits per heavy atom. The van der Waals surface area contributed by atoms with Crippen LogP contribution in [0.4, 0.5) is 26.3 Å². The van der Waals surface area contributed by atoms with E-state index >= 15 is 0 Å². The lowest BCUT2D eigenvalue weighted by atomic mass is 9.99. The van der Waals surface area contributed by atoms with Gasteiger partial charge in [0.1, 0.15) is 5.69 Å². The predicted octanol–water partition coefficient (Wildman–Crippen LogP) is 3.97. The second-order valence-electron chi connectivity index (χ2n) is 6.69. The Morgan fingerprint density at radius 2 is 1.75 bits per heavy atom. The van der Waals surface area contributed by atoms with E-state index in [9.17, 15) is 31.4 Å². The minimum Gasteiger partial charge on any atom is -0.387 e. The molecule has 1 atom stereocenters. The van der Waals surface area contributed by atoms with Gasteiger partial charge < -0.3 is 10.8 Å². The van der Waals surface area contributed by atoms with E-state index in [0.717, 1.165) is 6.07 Å². The Kier molecular flexibility index (Phi) is 6.57. The Morgan fingerprint density at radius 1 is 1.11 bits per heavy atom. The van der Waals surface area contributed by atoms with Gasteiger partial charge in [0.25, 0.3) is 0 Å². The average Bonchev–Trinajstić information content (AvgIpc) is 2.57. The van der Waals surface area contributed by atoms with Gasteiger partial charge in [0.05, 0.1) is 17.2 Å². The topological polar surface area (TPSA) is 62.4 Å². The summed E-state index contributed by atoms with van der Waals surface area (Å²) in [6, 6.07) is 3.50. The smallest absolute Gasteiger partial charge is 0.387 e. The van der Waals surface area contributed by atoms with Crippen LogP contribution in [0.3, 0.4) is 0 Å². The molecular formula is C18H21F6N3O. The highest BCUT2D eigenvalue weighted by molar-refractivity contribution is 5.86. The van der Waals surface area contributed by atoms with Crippen molar-refractivity contribution in [1.29, 1.82) is 0 Å². The fourth-order valence-electron chi connectivity index (χ4n) is 2.97. The van der Waals surface area contributed by atoms with Crippen LogP contribution in [0, 0.1) is 0 Å². The minimum atomic E-state index is -4.96. The Labute approximate surface area is 158 Å². The van der Waals surface area contributed by atoms with Gasteiger partial charge in [-0.05, 0) is 31.5 Å². The quantitative estimate of drug-likeness (QED) is 0.709. The number of fused-ring (bicyclic) bond motifs is 1. The van der Waals surface area contributed by atoms with Gasteiger partial charge in [-0.1, -0.05) is 12.1 Å². The molecule has 0 saturated heterocycles. The fraction of sp³-hybridized carbons (Fsp3) is 0.500. The molecule has 2 aromatic rings. The lowest BCUT2D eigenvalue weighted by molar-refractivity contribution is -0.142. The van der Waals surface area contributed by atoms with Crippen LogP contribution in [-0.2, 0) is 12.4 Å². The van der Waals surface area contributed by atoms with E-state index in [1.807, 2.05) is 13.8 Å². The number of hydrogen-bond donors (Lipinski definition) is 2. The van der Waals surface area contributed by atoms with Gasteiger partial charge in [-0.25, -0.2) is 4.98 Å². The number of aromatic nitrogens is 1. The van der Waals surface area contributed by atoms with Gasteiger partial charge in [0, 0.05) is 31.1 Å². The molecule has 0 aliphatic rings. The summed E-state index contributed by atoms with van der Waals surface area (Å²) in [6.07, 6.45) is -11.3. The zero-order chi connectivity index (χ0) is 21.3. The molecule has 0 spiro atoms. The molecule has 0 saturated carbocycles. The van der Waals surface area contributed by atoms with Crippen molar-refractivity contribution in [3.8, 4) is 0 Å². The molecule has 0 aliphatic heterocycles. The summed E-state index contributed by atoms with van der Waals surface area (Å²) >= 11 is 0. The second-order valence-corrected chi connectivity index (χ2v) is 6.69. The number of hydrogen-bond acceptors (Lipinski definition) is 4. The van der Waals surface area contributed by atoms with Crippen molar-refractivity contribution in [3.05, 3.63) is 41.1 Å². The molecule has 1 unspecified atom stereocenters. The van der Waals surface area contributed by atoms with Crippen molar-refractivity contribution in [2.24, 2.45) is 5.73 Å². The summed E-state index contributed by atoms with van der Waals surface area (Å²) in [5.74, 6) is 0. The molecule has 0 bridgehead atoms. The van der Waals surface area contributed by atoms with E-state index in [-0.39, 0.29) is 30.1 Å². The van der Waals surface area contributed by atoms with Crippen molar-refractivity contribution >= 4 is 10.9 Å². The van der Waals surface area contributed by atoms with E-state index in [0.29, 0.717) is 18.7 Å². The molecule has 0 amide bonds. The van der Waals surface area contributed by atoms with Crippen LogP contribution in [0.2, 0.25) is 0 Å². The first kappa shape index (κ1) is 22.4. The van der Waals surface area contributed by atoms with Gasteiger partial charge in [0.15, 0.2) is 0 Å². The molecular weight excluding hydrogens is 388 g/mol. The van der Waals surface area contributed by atoms with Gasteiger partial charge in [-0.3, -0.25) is 4.90 Å². The largest absolute Gasteiger partial charge is 0.433 e. The fourth-order valence-corrected chi connectivity index (χ4v) is 2.97. The third kappa shape index (κ3) is 4.92. The first-order valence-corrected chi connectivity index (χ1v) is 8.56. The van der Waals surface area contributed by atoms with Crippen molar-refractivity contribution < 1.29 is 31.4 Å². The molecule has 156 valence electrons. The summed E-state index contributed by atoms with van der Waals surface area (Å²) in [7, 11) is 0. The van der Waals surface area contributed by atoms with E-state index in [2.05, 4.69) is 4.98 Å². The van der Waals surface area contributed by atoms with E-state index < -0.39 is 35.2 Å². The third-order valence-corrected chi connectivity index (χ3v) is 4.38. The zero-order valence-corrected chi connectivity index (χ0v) is 15.3. The van der Waals surface area contributed by atoms with E-state index in [1.165, 1.54) is 6.07 Å². The molecule has 2 rings (SSSR count). The summed E-state index contributed by atoms with van der Waals surface area (Å²) in [4.78, 5) is 4.95. The maximum absolute atomic E-state index is 13.3. The lowest BCUT2D eigenvalue weighted by Crippen LogP contribution is -2.38. The minimum absolute atomic E-state index is 0.0703. The molecule has 1 aromatic carbocycles. The highest BCUT2D eigenvalue weighted by atomic mass is 19.4. The number of alkyl halides is 6. The van der Waals surface area contributed by atoms with Crippen LogP contribution in [0.1, 0.15) is 36.8 Å². The Hall–Kier alpha value is -1.91. The highest BCUT2D eigenvalue weighted by Crippen LogP contribution is 2.39. The SMILES string of the molecule is CC(C)N(CCN)CC(O)c1cc(C(F)(F)F)nc2c(C(F)(F)F)cccc12. The standard InChI is InChI=1S/C18H21F6N3O/c1-10(2)27(7-6-25)9-14(28)12-8-15(18(22,23)24)26-16-11(12)4-3-5-13(16)17(19,20)21/h3-5,8,10,14,28H,6-7,9,25H2,1-2H3. The Balaban J connectivity index is 2.67.